The molecular formula is C13H12BrClN2. The van der Waals surface area contributed by atoms with Crippen molar-refractivity contribution in [1.29, 1.82) is 0 Å². The van der Waals surface area contributed by atoms with Gasteiger partial charge in [-0.1, -0.05) is 33.6 Å². The molecule has 2 nitrogen and oxygen atoms in total. The van der Waals surface area contributed by atoms with Crippen LogP contribution in [-0.2, 0) is 0 Å². The minimum absolute atomic E-state index is 0.691. The zero-order valence-corrected chi connectivity index (χ0v) is 11.6. The molecule has 3 N–H and O–H groups in total. The molecule has 0 spiro atoms. The molecule has 0 fully saturated rings. The lowest BCUT2D eigenvalue weighted by atomic mass is 10.2. The van der Waals surface area contributed by atoms with Gasteiger partial charge < -0.3 is 11.1 Å². The van der Waals surface area contributed by atoms with Crippen molar-refractivity contribution in [2.45, 2.75) is 6.92 Å². The lowest BCUT2D eigenvalue weighted by molar-refractivity contribution is 1.45. The molecule has 0 aliphatic rings. The highest BCUT2D eigenvalue weighted by atomic mass is 79.9. The van der Waals surface area contributed by atoms with Gasteiger partial charge in [0.15, 0.2) is 0 Å². The number of anilines is 3. The van der Waals surface area contributed by atoms with Gasteiger partial charge in [-0.15, -0.1) is 0 Å². The van der Waals surface area contributed by atoms with Crippen LogP contribution >= 0.6 is 27.5 Å². The van der Waals surface area contributed by atoms with Crippen LogP contribution in [0.25, 0.3) is 0 Å². The number of halogens is 2. The Labute approximate surface area is 114 Å². The number of benzene rings is 2. The molecule has 0 aliphatic carbocycles. The molecular weight excluding hydrogens is 300 g/mol. The molecule has 0 atom stereocenters. The van der Waals surface area contributed by atoms with Gasteiger partial charge in [-0.25, -0.2) is 0 Å². The first-order valence-electron chi connectivity index (χ1n) is 5.14. The van der Waals surface area contributed by atoms with Gasteiger partial charge in [-0.3, -0.25) is 0 Å². The molecule has 0 radical (unpaired) electrons. The fourth-order valence-electron chi connectivity index (χ4n) is 1.47. The zero-order valence-electron chi connectivity index (χ0n) is 9.30. The Hall–Kier alpha value is -1.19. The summed E-state index contributed by atoms with van der Waals surface area (Å²) < 4.78 is 0.961. The van der Waals surface area contributed by atoms with Crippen molar-refractivity contribution in [2.75, 3.05) is 11.1 Å². The molecule has 2 aromatic rings. The number of hydrogen-bond donors (Lipinski definition) is 2. The third-order valence-electron chi connectivity index (χ3n) is 2.46. The second kappa shape index (κ2) is 4.98. The molecule has 4 heteroatoms. The molecule has 0 bridgehead atoms. The van der Waals surface area contributed by atoms with E-state index in [1.54, 1.807) is 0 Å². The molecule has 0 heterocycles. The van der Waals surface area contributed by atoms with Gasteiger partial charge in [0.1, 0.15) is 0 Å². The number of nitrogen functional groups attached to an aromatic ring is 1. The molecule has 2 aromatic carbocycles. The van der Waals surface area contributed by atoms with E-state index in [1.807, 2.05) is 43.3 Å². The Morgan fingerprint density at radius 2 is 1.94 bits per heavy atom. The predicted octanol–water partition coefficient (Wildman–Crippen LogP) is 4.74. The van der Waals surface area contributed by atoms with E-state index in [0.717, 1.165) is 26.4 Å². The van der Waals surface area contributed by atoms with Crippen LogP contribution in [0, 0.1) is 6.92 Å². The Kier molecular flexibility index (Phi) is 3.60. The van der Waals surface area contributed by atoms with Gasteiger partial charge in [0.05, 0.1) is 11.4 Å². The Morgan fingerprint density at radius 3 is 2.59 bits per heavy atom. The van der Waals surface area contributed by atoms with Crippen LogP contribution in [0.1, 0.15) is 5.56 Å². The van der Waals surface area contributed by atoms with Crippen molar-refractivity contribution < 1.29 is 0 Å². The average Bonchev–Trinajstić information content (AvgIpc) is 2.27. The fraction of sp³-hybridized carbons (Fsp3) is 0.0769. The predicted molar refractivity (Wildman–Crippen MR) is 78.0 cm³/mol. The number of rotatable bonds is 2. The number of nitrogens with one attached hydrogen (secondary N) is 1. The van der Waals surface area contributed by atoms with Crippen molar-refractivity contribution in [2.24, 2.45) is 0 Å². The lowest BCUT2D eigenvalue weighted by Gasteiger charge is -2.10. The molecule has 0 saturated heterocycles. The molecule has 0 saturated carbocycles. The summed E-state index contributed by atoms with van der Waals surface area (Å²) in [7, 11) is 0. The van der Waals surface area contributed by atoms with Crippen molar-refractivity contribution in [1.82, 2.24) is 0 Å². The van der Waals surface area contributed by atoms with E-state index in [0.29, 0.717) is 5.69 Å². The molecule has 17 heavy (non-hydrogen) atoms. The minimum atomic E-state index is 0.691. The lowest BCUT2D eigenvalue weighted by Crippen LogP contribution is -1.96. The first kappa shape index (κ1) is 12.3. The van der Waals surface area contributed by atoms with Crippen LogP contribution in [0.5, 0.6) is 0 Å². The monoisotopic (exact) mass is 310 g/mol. The standard InChI is InChI=1S/C13H12BrClN2/c1-8-2-4-10(7-11(8)15)17-13-5-3-9(14)6-12(13)16/h2-7,17H,16H2,1H3. The van der Waals surface area contributed by atoms with E-state index in [1.165, 1.54) is 0 Å². The minimum Gasteiger partial charge on any atom is -0.397 e. The summed E-state index contributed by atoms with van der Waals surface area (Å²) in [5, 5.41) is 3.98. The highest BCUT2D eigenvalue weighted by Gasteiger charge is 2.02. The van der Waals surface area contributed by atoms with E-state index in [9.17, 15) is 0 Å². The Bertz CT molecular complexity index is 555. The third kappa shape index (κ3) is 2.93. The van der Waals surface area contributed by atoms with Crippen LogP contribution in [0.4, 0.5) is 17.1 Å². The largest absolute Gasteiger partial charge is 0.397 e. The summed E-state index contributed by atoms with van der Waals surface area (Å²) in [5.41, 5.74) is 9.45. The fourth-order valence-corrected chi connectivity index (χ4v) is 2.03. The van der Waals surface area contributed by atoms with Crippen LogP contribution in [0.3, 0.4) is 0 Å². The third-order valence-corrected chi connectivity index (χ3v) is 3.36. The highest BCUT2D eigenvalue weighted by Crippen LogP contribution is 2.28. The van der Waals surface area contributed by atoms with Crippen LogP contribution in [0.2, 0.25) is 5.02 Å². The van der Waals surface area contributed by atoms with Gasteiger partial charge >= 0.3 is 0 Å². The second-order valence-corrected chi connectivity index (χ2v) is 5.14. The van der Waals surface area contributed by atoms with Crippen LogP contribution < -0.4 is 11.1 Å². The summed E-state index contributed by atoms with van der Waals surface area (Å²) in [5.74, 6) is 0. The SMILES string of the molecule is Cc1ccc(Nc2ccc(Br)cc2N)cc1Cl. The van der Waals surface area contributed by atoms with Crippen molar-refractivity contribution in [3.8, 4) is 0 Å². The summed E-state index contributed by atoms with van der Waals surface area (Å²) in [6, 6.07) is 11.6. The van der Waals surface area contributed by atoms with Crippen molar-refractivity contribution in [3.05, 3.63) is 51.5 Å². The maximum absolute atomic E-state index is 6.07. The molecule has 0 amide bonds. The summed E-state index contributed by atoms with van der Waals surface area (Å²) in [6.07, 6.45) is 0. The van der Waals surface area contributed by atoms with Gasteiger partial charge in [-0.05, 0) is 42.8 Å². The van der Waals surface area contributed by atoms with Crippen LogP contribution in [-0.4, -0.2) is 0 Å². The maximum Gasteiger partial charge on any atom is 0.0618 e. The zero-order chi connectivity index (χ0) is 12.4. The molecule has 88 valence electrons. The topological polar surface area (TPSA) is 38.0 Å². The quantitative estimate of drug-likeness (QED) is 0.786. The summed E-state index contributed by atoms with van der Waals surface area (Å²) in [4.78, 5) is 0. The van der Waals surface area contributed by atoms with E-state index in [2.05, 4.69) is 21.2 Å². The number of hydrogen-bond acceptors (Lipinski definition) is 2. The first-order chi connectivity index (χ1) is 8.06. The van der Waals surface area contributed by atoms with Crippen LogP contribution in [0.15, 0.2) is 40.9 Å². The molecule has 0 aliphatic heterocycles. The second-order valence-electron chi connectivity index (χ2n) is 3.82. The molecule has 2 rings (SSSR count). The Morgan fingerprint density at radius 1 is 1.18 bits per heavy atom. The summed E-state index contributed by atoms with van der Waals surface area (Å²) in [6.45, 7) is 1.97. The number of aryl methyl sites for hydroxylation is 1. The first-order valence-corrected chi connectivity index (χ1v) is 6.31. The van der Waals surface area contributed by atoms with Gasteiger partial charge in [0, 0.05) is 15.2 Å². The maximum atomic E-state index is 6.07. The van der Waals surface area contributed by atoms with E-state index in [-0.39, 0.29) is 0 Å². The van der Waals surface area contributed by atoms with Gasteiger partial charge in [0.25, 0.3) is 0 Å². The average molecular weight is 312 g/mol. The summed E-state index contributed by atoms with van der Waals surface area (Å²) >= 11 is 9.44. The van der Waals surface area contributed by atoms with Crippen molar-refractivity contribution in [3.63, 3.8) is 0 Å². The smallest absolute Gasteiger partial charge is 0.0618 e. The Balaban J connectivity index is 2.28. The van der Waals surface area contributed by atoms with E-state index < -0.39 is 0 Å². The number of nitrogens with two attached hydrogens (primary N) is 1. The van der Waals surface area contributed by atoms with Gasteiger partial charge in [0.2, 0.25) is 0 Å². The van der Waals surface area contributed by atoms with E-state index in [4.69, 9.17) is 17.3 Å². The van der Waals surface area contributed by atoms with E-state index >= 15 is 0 Å². The highest BCUT2D eigenvalue weighted by molar-refractivity contribution is 9.10. The molecule has 0 unspecified atom stereocenters. The van der Waals surface area contributed by atoms with Gasteiger partial charge in [-0.2, -0.15) is 0 Å². The van der Waals surface area contributed by atoms with Crippen molar-refractivity contribution >= 4 is 44.6 Å². The normalized spacial score (nSPS) is 10.3. The molecule has 0 aromatic heterocycles.